The van der Waals surface area contributed by atoms with Crippen LogP contribution in [0, 0.1) is 0 Å². The smallest absolute Gasteiger partial charge is 0.249 e. The molecule has 1 atom stereocenters. The molecule has 2 aromatic carbocycles. The normalized spacial score (nSPS) is 15.0. The maximum absolute atomic E-state index is 12.7. The largest absolute Gasteiger partial charge is 0.497 e. The summed E-state index contributed by atoms with van der Waals surface area (Å²) in [5.41, 5.74) is 4.54. The van der Waals surface area contributed by atoms with Crippen molar-refractivity contribution in [2.24, 2.45) is 0 Å². The molecule has 0 aliphatic carbocycles. The summed E-state index contributed by atoms with van der Waals surface area (Å²) in [5.74, 6) is 0.883. The van der Waals surface area contributed by atoms with Crippen LogP contribution >= 0.6 is 23.7 Å². The lowest BCUT2D eigenvalue weighted by Crippen LogP contribution is -2.41. The first-order valence-corrected chi connectivity index (χ1v) is 10.9. The molecule has 5 nitrogen and oxygen atoms in total. The Morgan fingerprint density at radius 1 is 1.16 bits per heavy atom. The minimum Gasteiger partial charge on any atom is -0.497 e. The van der Waals surface area contributed by atoms with Gasteiger partial charge in [0.15, 0.2) is 0 Å². The fourth-order valence-electron chi connectivity index (χ4n) is 3.92. The molecular weight excluding hydrogens is 432 g/mol. The number of rotatable bonds is 7. The summed E-state index contributed by atoms with van der Waals surface area (Å²) in [6.07, 6.45) is 0.902. The van der Waals surface area contributed by atoms with Crippen LogP contribution in [0.4, 0.5) is 5.69 Å². The molecule has 0 radical (unpaired) electrons. The number of benzene rings is 2. The zero-order valence-corrected chi connectivity index (χ0v) is 19.3. The number of carbonyl (C=O) groups is 1. The minimum absolute atomic E-state index is 0. The molecule has 1 aliphatic rings. The fourth-order valence-corrected chi connectivity index (χ4v) is 4.82. The Labute approximate surface area is 193 Å². The molecular formula is C24H27ClN2O3S. The van der Waals surface area contributed by atoms with Gasteiger partial charge < -0.3 is 19.7 Å². The van der Waals surface area contributed by atoms with Crippen LogP contribution < -0.4 is 10.1 Å². The summed E-state index contributed by atoms with van der Waals surface area (Å²) >= 11 is 1.77. The Morgan fingerprint density at radius 3 is 2.71 bits per heavy atom. The number of halogens is 1. The third kappa shape index (κ3) is 5.21. The van der Waals surface area contributed by atoms with Gasteiger partial charge in [-0.2, -0.15) is 0 Å². The van der Waals surface area contributed by atoms with Crippen molar-refractivity contribution in [1.82, 2.24) is 4.90 Å². The van der Waals surface area contributed by atoms with E-state index in [2.05, 4.69) is 47.1 Å². The van der Waals surface area contributed by atoms with Crippen molar-refractivity contribution in [1.29, 1.82) is 0 Å². The maximum Gasteiger partial charge on any atom is 0.249 e. The van der Waals surface area contributed by atoms with E-state index in [1.54, 1.807) is 25.6 Å². The van der Waals surface area contributed by atoms with Crippen LogP contribution in [0.2, 0.25) is 0 Å². The standard InChI is InChI=1S/C24H26N2O3S.ClH/c1-28-16-23(27)26-12-10-22-21(11-13-30-22)24(26)18-6-8-19(9-7-18)25-15-17-4-3-5-20(14-17)29-2;/h3-9,11,13-14,24-25H,10,12,15-16H2,1-2H3;1H. The molecule has 0 saturated carbocycles. The fraction of sp³-hybridized carbons (Fsp3) is 0.292. The Hall–Kier alpha value is -2.54. The van der Waals surface area contributed by atoms with Gasteiger partial charge in [-0.3, -0.25) is 4.79 Å². The summed E-state index contributed by atoms with van der Waals surface area (Å²) < 4.78 is 10.4. The molecule has 3 aromatic rings. The lowest BCUT2D eigenvalue weighted by Gasteiger charge is -2.36. The first kappa shape index (κ1) is 23.1. The predicted octanol–water partition coefficient (Wildman–Crippen LogP) is 4.91. The summed E-state index contributed by atoms with van der Waals surface area (Å²) in [4.78, 5) is 16.0. The molecule has 1 amide bonds. The SMILES string of the molecule is COCC(=O)N1CCc2sccc2C1c1ccc(NCc2cccc(OC)c2)cc1.Cl. The van der Waals surface area contributed by atoms with E-state index in [0.717, 1.165) is 35.5 Å². The van der Waals surface area contributed by atoms with E-state index in [9.17, 15) is 4.79 Å². The van der Waals surface area contributed by atoms with Crippen molar-refractivity contribution in [3.8, 4) is 5.75 Å². The van der Waals surface area contributed by atoms with E-state index < -0.39 is 0 Å². The van der Waals surface area contributed by atoms with E-state index in [1.807, 2.05) is 23.1 Å². The van der Waals surface area contributed by atoms with Crippen molar-refractivity contribution >= 4 is 35.3 Å². The summed E-state index contributed by atoms with van der Waals surface area (Å²) in [7, 11) is 3.24. The van der Waals surface area contributed by atoms with Crippen LogP contribution in [0.3, 0.4) is 0 Å². The predicted molar refractivity (Wildman–Crippen MR) is 127 cm³/mol. The van der Waals surface area contributed by atoms with E-state index in [1.165, 1.54) is 10.4 Å². The molecule has 164 valence electrons. The molecule has 1 unspecified atom stereocenters. The molecule has 1 N–H and O–H groups in total. The molecule has 2 heterocycles. The number of amides is 1. The highest BCUT2D eigenvalue weighted by atomic mass is 35.5. The Morgan fingerprint density at radius 2 is 1.97 bits per heavy atom. The van der Waals surface area contributed by atoms with Gasteiger partial charge in [0.1, 0.15) is 12.4 Å². The van der Waals surface area contributed by atoms with E-state index in [0.29, 0.717) is 6.54 Å². The quantitative estimate of drug-likeness (QED) is 0.546. The highest BCUT2D eigenvalue weighted by molar-refractivity contribution is 7.10. The van der Waals surface area contributed by atoms with Gasteiger partial charge in [-0.05, 0) is 58.8 Å². The number of hydrogen-bond donors (Lipinski definition) is 1. The Kier molecular flexibility index (Phi) is 7.96. The van der Waals surface area contributed by atoms with Gasteiger partial charge in [0.2, 0.25) is 5.91 Å². The van der Waals surface area contributed by atoms with Crippen LogP contribution in [0.15, 0.2) is 60.0 Å². The third-order valence-corrected chi connectivity index (χ3v) is 6.41. The number of methoxy groups -OCH3 is 2. The summed E-state index contributed by atoms with van der Waals surface area (Å²) in [6, 6.07) is 18.5. The zero-order chi connectivity index (χ0) is 20.9. The van der Waals surface area contributed by atoms with E-state index in [-0.39, 0.29) is 31.0 Å². The lowest BCUT2D eigenvalue weighted by molar-refractivity contribution is -0.137. The molecule has 31 heavy (non-hydrogen) atoms. The van der Waals surface area contributed by atoms with Gasteiger partial charge in [-0.25, -0.2) is 0 Å². The number of fused-ring (bicyclic) bond motifs is 1. The number of anilines is 1. The van der Waals surface area contributed by atoms with E-state index >= 15 is 0 Å². The second-order valence-corrected chi connectivity index (χ2v) is 8.30. The van der Waals surface area contributed by atoms with E-state index in [4.69, 9.17) is 9.47 Å². The van der Waals surface area contributed by atoms with Gasteiger partial charge in [0.05, 0.1) is 13.2 Å². The summed E-state index contributed by atoms with van der Waals surface area (Å²) in [5, 5.41) is 5.57. The maximum atomic E-state index is 12.7. The van der Waals surface area contributed by atoms with Gasteiger partial charge >= 0.3 is 0 Å². The molecule has 1 aliphatic heterocycles. The van der Waals surface area contributed by atoms with Gasteiger partial charge in [-0.15, -0.1) is 23.7 Å². The van der Waals surface area contributed by atoms with Crippen molar-refractivity contribution in [2.45, 2.75) is 19.0 Å². The number of nitrogens with zero attached hydrogens (tertiary/aromatic N) is 1. The highest BCUT2D eigenvalue weighted by Crippen LogP contribution is 2.38. The second-order valence-electron chi connectivity index (χ2n) is 7.30. The van der Waals surface area contributed by atoms with Crippen molar-refractivity contribution in [2.75, 3.05) is 32.7 Å². The first-order chi connectivity index (χ1) is 14.7. The van der Waals surface area contributed by atoms with Crippen molar-refractivity contribution in [3.05, 3.63) is 81.5 Å². The molecule has 4 rings (SSSR count). The van der Waals surface area contributed by atoms with Crippen LogP contribution in [0.25, 0.3) is 0 Å². The number of thiophene rings is 1. The third-order valence-electron chi connectivity index (χ3n) is 5.41. The van der Waals surface area contributed by atoms with Gasteiger partial charge in [0, 0.05) is 30.8 Å². The van der Waals surface area contributed by atoms with Crippen LogP contribution in [0.1, 0.15) is 27.6 Å². The first-order valence-electron chi connectivity index (χ1n) is 10.0. The number of ether oxygens (including phenoxy) is 2. The lowest BCUT2D eigenvalue weighted by atomic mass is 9.93. The molecule has 7 heteroatoms. The molecule has 0 spiro atoms. The number of nitrogens with one attached hydrogen (secondary N) is 1. The van der Waals surface area contributed by atoms with Gasteiger partial charge in [-0.1, -0.05) is 24.3 Å². The molecule has 1 aromatic heterocycles. The van der Waals surface area contributed by atoms with Gasteiger partial charge in [0.25, 0.3) is 0 Å². The average molecular weight is 459 g/mol. The Bertz CT molecular complexity index is 1010. The van der Waals surface area contributed by atoms with Crippen LogP contribution in [0.5, 0.6) is 5.75 Å². The van der Waals surface area contributed by atoms with Crippen molar-refractivity contribution in [3.63, 3.8) is 0 Å². The topological polar surface area (TPSA) is 50.8 Å². The number of hydrogen-bond acceptors (Lipinski definition) is 5. The molecule has 0 fully saturated rings. The average Bonchev–Trinajstić information content (AvgIpc) is 3.26. The van der Waals surface area contributed by atoms with Crippen molar-refractivity contribution < 1.29 is 14.3 Å². The Balaban J connectivity index is 0.00000272. The summed E-state index contributed by atoms with van der Waals surface area (Å²) in [6.45, 7) is 1.54. The molecule has 0 bridgehead atoms. The highest BCUT2D eigenvalue weighted by Gasteiger charge is 2.32. The number of carbonyl (C=O) groups excluding carboxylic acids is 1. The molecule has 0 saturated heterocycles. The van der Waals surface area contributed by atoms with Crippen LogP contribution in [-0.2, 0) is 22.5 Å². The van der Waals surface area contributed by atoms with Crippen LogP contribution in [-0.4, -0.2) is 38.2 Å². The second kappa shape index (κ2) is 10.7. The minimum atomic E-state index is -0.0601. The zero-order valence-electron chi connectivity index (χ0n) is 17.7. The monoisotopic (exact) mass is 458 g/mol.